The van der Waals surface area contributed by atoms with E-state index in [4.69, 9.17) is 11.6 Å². The number of halogens is 3. The summed E-state index contributed by atoms with van der Waals surface area (Å²) in [6.45, 7) is 0. The first-order chi connectivity index (χ1) is 7.68. The molecule has 1 aromatic carbocycles. The minimum absolute atomic E-state index is 0.272. The Morgan fingerprint density at radius 1 is 1.25 bits per heavy atom. The second kappa shape index (κ2) is 4.76. The molecule has 2 aromatic rings. The van der Waals surface area contributed by atoms with Gasteiger partial charge in [0.25, 0.3) is 0 Å². The fraction of sp³-hybridized carbons (Fsp3) is 0. The van der Waals surface area contributed by atoms with E-state index >= 15 is 0 Å². The van der Waals surface area contributed by atoms with Crippen molar-refractivity contribution in [3.05, 3.63) is 46.0 Å². The van der Waals surface area contributed by atoms with Gasteiger partial charge in [-0.2, -0.15) is 0 Å². The molecular formula is C10H6BrClFN3. The van der Waals surface area contributed by atoms with Crippen LogP contribution in [0.15, 0.2) is 35.1 Å². The van der Waals surface area contributed by atoms with Crippen LogP contribution in [0.4, 0.5) is 15.9 Å². The average molecular weight is 303 g/mol. The Balaban J connectivity index is 2.35. The predicted octanol–water partition coefficient (Wildman–Crippen LogP) is 3.78. The van der Waals surface area contributed by atoms with E-state index in [0.717, 1.165) is 0 Å². The maximum absolute atomic E-state index is 13.4. The molecule has 0 atom stereocenters. The number of rotatable bonds is 2. The topological polar surface area (TPSA) is 37.8 Å². The molecule has 0 bridgehead atoms. The molecule has 82 valence electrons. The summed E-state index contributed by atoms with van der Waals surface area (Å²) in [7, 11) is 0. The zero-order chi connectivity index (χ0) is 11.5. The number of nitrogens with zero attached hydrogens (tertiary/aromatic N) is 2. The largest absolute Gasteiger partial charge is 0.337 e. The summed E-state index contributed by atoms with van der Waals surface area (Å²) in [5, 5.41) is 3.10. The number of para-hydroxylation sites is 1. The maximum Gasteiger partial charge on any atom is 0.149 e. The Morgan fingerprint density at radius 3 is 2.75 bits per heavy atom. The van der Waals surface area contributed by atoms with Crippen molar-refractivity contribution < 1.29 is 4.39 Å². The second-order valence-corrected chi connectivity index (χ2v) is 4.08. The Bertz CT molecular complexity index is 521. The van der Waals surface area contributed by atoms with Crippen molar-refractivity contribution in [1.29, 1.82) is 0 Å². The number of nitrogens with one attached hydrogen (secondary N) is 1. The van der Waals surface area contributed by atoms with Gasteiger partial charge in [-0.3, -0.25) is 0 Å². The summed E-state index contributed by atoms with van der Waals surface area (Å²) in [4.78, 5) is 7.73. The van der Waals surface area contributed by atoms with Gasteiger partial charge in [0.2, 0.25) is 0 Å². The van der Waals surface area contributed by atoms with Crippen LogP contribution in [0.5, 0.6) is 0 Å². The van der Waals surface area contributed by atoms with Crippen molar-refractivity contribution in [2.75, 3.05) is 5.32 Å². The lowest BCUT2D eigenvalue weighted by molar-refractivity contribution is 0.632. The van der Waals surface area contributed by atoms with Crippen molar-refractivity contribution in [2.24, 2.45) is 0 Å². The number of aromatic nitrogens is 2. The van der Waals surface area contributed by atoms with Crippen LogP contribution in [-0.2, 0) is 0 Å². The monoisotopic (exact) mass is 301 g/mol. The van der Waals surface area contributed by atoms with Crippen LogP contribution in [0.2, 0.25) is 5.15 Å². The third-order valence-corrected chi connectivity index (χ3v) is 3.14. The molecule has 0 aliphatic heterocycles. The summed E-state index contributed by atoms with van der Waals surface area (Å²) in [5.74, 6) is 0.0641. The van der Waals surface area contributed by atoms with Gasteiger partial charge in [-0.15, -0.1) is 0 Å². The fourth-order valence-corrected chi connectivity index (χ4v) is 1.56. The zero-order valence-electron chi connectivity index (χ0n) is 7.92. The second-order valence-electron chi connectivity index (χ2n) is 2.93. The first-order valence-electron chi connectivity index (χ1n) is 4.36. The van der Waals surface area contributed by atoms with Gasteiger partial charge in [-0.25, -0.2) is 14.4 Å². The van der Waals surface area contributed by atoms with Gasteiger partial charge < -0.3 is 5.32 Å². The van der Waals surface area contributed by atoms with Crippen LogP contribution in [0.25, 0.3) is 0 Å². The van der Waals surface area contributed by atoms with Crippen molar-refractivity contribution in [2.45, 2.75) is 0 Å². The van der Waals surface area contributed by atoms with Gasteiger partial charge in [0.05, 0.1) is 10.2 Å². The molecule has 0 unspecified atom stereocenters. The van der Waals surface area contributed by atoms with Gasteiger partial charge in [0.15, 0.2) is 0 Å². The van der Waals surface area contributed by atoms with Crippen LogP contribution < -0.4 is 5.32 Å². The first-order valence-corrected chi connectivity index (χ1v) is 5.53. The van der Waals surface area contributed by atoms with E-state index in [2.05, 4.69) is 31.2 Å². The van der Waals surface area contributed by atoms with Crippen LogP contribution in [-0.4, -0.2) is 9.97 Å². The molecule has 16 heavy (non-hydrogen) atoms. The summed E-state index contributed by atoms with van der Waals surface area (Å²) >= 11 is 9.01. The van der Waals surface area contributed by atoms with Gasteiger partial charge in [0, 0.05) is 0 Å². The smallest absolute Gasteiger partial charge is 0.149 e. The van der Waals surface area contributed by atoms with Crippen molar-refractivity contribution in [3.8, 4) is 0 Å². The molecule has 3 nitrogen and oxygen atoms in total. The number of benzene rings is 1. The van der Waals surface area contributed by atoms with E-state index in [-0.39, 0.29) is 11.0 Å². The molecule has 2 rings (SSSR count). The molecule has 1 N–H and O–H groups in total. The predicted molar refractivity (Wildman–Crippen MR) is 64.4 cm³/mol. The van der Waals surface area contributed by atoms with E-state index in [1.165, 1.54) is 12.4 Å². The third kappa shape index (κ3) is 2.31. The average Bonchev–Trinajstić information content (AvgIpc) is 2.28. The Kier molecular flexibility index (Phi) is 3.36. The molecule has 0 saturated carbocycles. The van der Waals surface area contributed by atoms with E-state index in [9.17, 15) is 4.39 Å². The van der Waals surface area contributed by atoms with Gasteiger partial charge in [-0.05, 0) is 28.1 Å². The lowest BCUT2D eigenvalue weighted by Crippen LogP contribution is -1.98. The van der Waals surface area contributed by atoms with E-state index in [1.807, 2.05) is 0 Å². The minimum atomic E-state index is -0.357. The van der Waals surface area contributed by atoms with Crippen LogP contribution >= 0.6 is 27.5 Å². The highest BCUT2D eigenvalue weighted by molar-refractivity contribution is 9.10. The lowest BCUT2D eigenvalue weighted by atomic mass is 10.3. The Hall–Kier alpha value is -1.20. The fourth-order valence-electron chi connectivity index (χ4n) is 1.13. The molecule has 6 heteroatoms. The van der Waals surface area contributed by atoms with Crippen LogP contribution in [0, 0.1) is 5.82 Å². The molecule has 0 amide bonds. The number of hydrogen-bond donors (Lipinski definition) is 1. The Morgan fingerprint density at radius 2 is 2.00 bits per heavy atom. The lowest BCUT2D eigenvalue weighted by Gasteiger charge is -2.08. The maximum atomic E-state index is 13.4. The summed E-state index contributed by atoms with van der Waals surface area (Å²) in [6.07, 6.45) is 1.30. The molecule has 1 aromatic heterocycles. The Labute approximate surface area is 105 Å². The standard InChI is InChI=1S/C10H6BrClFN3/c11-8-9(12)14-5-15-10(8)16-7-4-2-1-3-6(7)13/h1-5H,(H,14,15,16). The molecule has 1 heterocycles. The van der Waals surface area contributed by atoms with Gasteiger partial charge >= 0.3 is 0 Å². The highest BCUT2D eigenvalue weighted by atomic mass is 79.9. The number of hydrogen-bond acceptors (Lipinski definition) is 3. The molecule has 0 spiro atoms. The third-order valence-electron chi connectivity index (χ3n) is 1.87. The molecule has 0 aliphatic rings. The highest BCUT2D eigenvalue weighted by Gasteiger charge is 2.08. The van der Waals surface area contributed by atoms with E-state index < -0.39 is 0 Å². The normalized spacial score (nSPS) is 10.2. The first kappa shape index (κ1) is 11.3. The van der Waals surface area contributed by atoms with E-state index in [0.29, 0.717) is 16.0 Å². The SMILES string of the molecule is Fc1ccccc1Nc1ncnc(Cl)c1Br. The zero-order valence-corrected chi connectivity index (χ0v) is 10.3. The summed E-state index contributed by atoms with van der Waals surface area (Å²) < 4.78 is 13.9. The summed E-state index contributed by atoms with van der Waals surface area (Å²) in [5.41, 5.74) is 0.331. The highest BCUT2D eigenvalue weighted by Crippen LogP contribution is 2.29. The van der Waals surface area contributed by atoms with Crippen LogP contribution in [0.3, 0.4) is 0 Å². The van der Waals surface area contributed by atoms with Crippen molar-refractivity contribution >= 4 is 39.0 Å². The quantitative estimate of drug-likeness (QED) is 0.858. The number of anilines is 2. The molecule has 0 saturated heterocycles. The van der Waals surface area contributed by atoms with Gasteiger partial charge in [-0.1, -0.05) is 23.7 Å². The van der Waals surface area contributed by atoms with Crippen LogP contribution in [0.1, 0.15) is 0 Å². The molecule has 0 radical (unpaired) electrons. The molecule has 0 aliphatic carbocycles. The van der Waals surface area contributed by atoms with Crippen molar-refractivity contribution in [3.63, 3.8) is 0 Å². The van der Waals surface area contributed by atoms with Crippen molar-refractivity contribution in [1.82, 2.24) is 9.97 Å². The summed E-state index contributed by atoms with van der Waals surface area (Å²) in [6, 6.07) is 6.31. The minimum Gasteiger partial charge on any atom is -0.337 e. The molecule has 0 fully saturated rings. The molecular weight excluding hydrogens is 296 g/mol. The van der Waals surface area contributed by atoms with Gasteiger partial charge in [0.1, 0.15) is 23.1 Å². The van der Waals surface area contributed by atoms with E-state index in [1.54, 1.807) is 18.2 Å².